The first-order valence-electron chi connectivity index (χ1n) is 7.13. The fourth-order valence-corrected chi connectivity index (χ4v) is 3.08. The summed E-state index contributed by atoms with van der Waals surface area (Å²) in [6.07, 6.45) is 9.08. The Labute approximate surface area is 123 Å². The molecule has 1 aliphatic carbocycles. The maximum atomic E-state index is 12.2. The number of rotatable bonds is 4. The molecule has 4 heteroatoms. The van der Waals surface area contributed by atoms with Gasteiger partial charge in [0.15, 0.2) is 0 Å². The van der Waals surface area contributed by atoms with Crippen LogP contribution in [-0.4, -0.2) is 16.9 Å². The molecule has 0 aliphatic heterocycles. The molecule has 1 heterocycles. The molecule has 104 valence electrons. The lowest BCUT2D eigenvalue weighted by atomic mass is 9.83. The maximum absolute atomic E-state index is 12.2. The minimum Gasteiger partial charge on any atom is -0.348 e. The van der Waals surface area contributed by atoms with Gasteiger partial charge in [-0.05, 0) is 53.2 Å². The monoisotopic (exact) mass is 324 g/mol. The summed E-state index contributed by atoms with van der Waals surface area (Å²) in [5.74, 6) is 0.586. The summed E-state index contributed by atoms with van der Waals surface area (Å²) in [6, 6.07) is 3.90. The Morgan fingerprint density at radius 2 is 2.16 bits per heavy atom. The molecule has 0 spiro atoms. The van der Waals surface area contributed by atoms with E-state index in [1.165, 1.54) is 32.1 Å². The lowest BCUT2D eigenvalue weighted by molar-refractivity contribution is 0.0906. The summed E-state index contributed by atoms with van der Waals surface area (Å²) in [6.45, 7) is 2.15. The summed E-state index contributed by atoms with van der Waals surface area (Å²) >= 11 is 3.33. The molecule has 0 saturated heterocycles. The largest absolute Gasteiger partial charge is 0.348 e. The van der Waals surface area contributed by atoms with Crippen molar-refractivity contribution in [3.8, 4) is 0 Å². The molecule has 1 amide bonds. The van der Waals surface area contributed by atoms with E-state index in [2.05, 4.69) is 33.2 Å². The van der Waals surface area contributed by atoms with Crippen LogP contribution in [0.3, 0.4) is 0 Å². The van der Waals surface area contributed by atoms with Crippen molar-refractivity contribution in [3.05, 3.63) is 28.5 Å². The number of nitrogens with one attached hydrogen (secondary N) is 1. The highest BCUT2D eigenvalue weighted by Gasteiger charge is 2.24. The Kier molecular flexibility index (Phi) is 5.37. The number of pyridine rings is 1. The third-order valence-corrected chi connectivity index (χ3v) is 4.40. The summed E-state index contributed by atoms with van der Waals surface area (Å²) in [7, 11) is 0. The third kappa shape index (κ3) is 4.03. The predicted molar refractivity (Wildman–Crippen MR) is 80.1 cm³/mol. The van der Waals surface area contributed by atoms with Crippen LogP contribution in [0.15, 0.2) is 22.8 Å². The molecule has 19 heavy (non-hydrogen) atoms. The van der Waals surface area contributed by atoms with E-state index >= 15 is 0 Å². The molecule has 3 nitrogen and oxygen atoms in total. The summed E-state index contributed by atoms with van der Waals surface area (Å²) in [5.41, 5.74) is 0.498. The van der Waals surface area contributed by atoms with E-state index < -0.39 is 0 Å². The number of amides is 1. The van der Waals surface area contributed by atoms with Gasteiger partial charge in [-0.3, -0.25) is 4.79 Å². The van der Waals surface area contributed by atoms with E-state index in [0.29, 0.717) is 17.7 Å². The number of aromatic nitrogens is 1. The van der Waals surface area contributed by atoms with Gasteiger partial charge in [-0.15, -0.1) is 0 Å². The van der Waals surface area contributed by atoms with Crippen LogP contribution in [0.25, 0.3) is 0 Å². The Hall–Kier alpha value is -0.900. The summed E-state index contributed by atoms with van der Waals surface area (Å²) < 4.78 is 0.892. The average molecular weight is 325 g/mol. The lowest BCUT2D eigenvalue weighted by Gasteiger charge is -2.30. The molecule has 1 unspecified atom stereocenters. The molecule has 1 atom stereocenters. The van der Waals surface area contributed by atoms with E-state index in [9.17, 15) is 4.79 Å². The van der Waals surface area contributed by atoms with Crippen molar-refractivity contribution >= 4 is 21.8 Å². The second-order valence-corrected chi connectivity index (χ2v) is 6.16. The van der Waals surface area contributed by atoms with Crippen LogP contribution in [0.4, 0.5) is 0 Å². The minimum absolute atomic E-state index is 0.0510. The fraction of sp³-hybridized carbons (Fsp3) is 0.600. The van der Waals surface area contributed by atoms with Gasteiger partial charge in [-0.1, -0.05) is 26.2 Å². The van der Waals surface area contributed by atoms with Crippen LogP contribution in [0.5, 0.6) is 0 Å². The zero-order valence-electron chi connectivity index (χ0n) is 11.4. The number of nitrogens with zero attached hydrogens (tertiary/aromatic N) is 1. The first kappa shape index (κ1) is 14.5. The van der Waals surface area contributed by atoms with E-state index in [0.717, 1.165) is 10.9 Å². The highest BCUT2D eigenvalue weighted by Crippen LogP contribution is 2.27. The van der Waals surface area contributed by atoms with Crippen molar-refractivity contribution in [2.75, 3.05) is 0 Å². The Bertz CT molecular complexity index is 413. The van der Waals surface area contributed by atoms with Gasteiger partial charge < -0.3 is 5.32 Å². The van der Waals surface area contributed by atoms with E-state index in [1.807, 2.05) is 6.07 Å². The zero-order valence-corrected chi connectivity index (χ0v) is 12.9. The van der Waals surface area contributed by atoms with Crippen molar-refractivity contribution in [2.24, 2.45) is 5.92 Å². The SMILES string of the molecule is CCC(NC(=O)c1ccc(Br)cn1)C1CCCCC1. The molecule has 0 bridgehead atoms. The predicted octanol–water partition coefficient (Wildman–Crippen LogP) is 3.93. The highest BCUT2D eigenvalue weighted by atomic mass is 79.9. The van der Waals surface area contributed by atoms with Crippen LogP contribution in [0, 0.1) is 5.92 Å². The summed E-state index contributed by atoms with van der Waals surface area (Å²) in [4.78, 5) is 16.3. The molecule has 0 aromatic carbocycles. The fourth-order valence-electron chi connectivity index (χ4n) is 2.84. The van der Waals surface area contributed by atoms with Gasteiger partial charge >= 0.3 is 0 Å². The van der Waals surface area contributed by atoms with Crippen molar-refractivity contribution in [2.45, 2.75) is 51.5 Å². The normalized spacial score (nSPS) is 18.0. The average Bonchev–Trinajstić information content (AvgIpc) is 2.46. The number of carbonyl (C=O) groups excluding carboxylic acids is 1. The number of carbonyl (C=O) groups is 1. The smallest absolute Gasteiger partial charge is 0.270 e. The van der Waals surface area contributed by atoms with Crippen molar-refractivity contribution in [1.82, 2.24) is 10.3 Å². The van der Waals surface area contributed by atoms with Gasteiger partial charge in [0.2, 0.25) is 0 Å². The van der Waals surface area contributed by atoms with Crippen LogP contribution in [0.2, 0.25) is 0 Å². The zero-order chi connectivity index (χ0) is 13.7. The van der Waals surface area contributed by atoms with Crippen LogP contribution >= 0.6 is 15.9 Å². The van der Waals surface area contributed by atoms with Gasteiger partial charge in [0, 0.05) is 16.7 Å². The summed E-state index contributed by atoms with van der Waals surface area (Å²) in [5, 5.41) is 3.16. The molecular formula is C15H21BrN2O. The standard InChI is InChI=1S/C15H21BrN2O/c1-2-13(11-6-4-3-5-7-11)18-15(19)14-9-8-12(16)10-17-14/h8-11,13H,2-7H2,1H3,(H,18,19). The van der Waals surface area contributed by atoms with Crippen molar-refractivity contribution < 1.29 is 4.79 Å². The van der Waals surface area contributed by atoms with Gasteiger partial charge in [0.25, 0.3) is 5.91 Å². The van der Waals surface area contributed by atoms with E-state index in [1.54, 1.807) is 12.3 Å². The third-order valence-electron chi connectivity index (χ3n) is 3.94. The molecule has 1 aromatic heterocycles. The van der Waals surface area contributed by atoms with Crippen LogP contribution < -0.4 is 5.32 Å². The van der Waals surface area contributed by atoms with Gasteiger partial charge in [-0.25, -0.2) is 4.98 Å². The maximum Gasteiger partial charge on any atom is 0.270 e. The van der Waals surface area contributed by atoms with Crippen molar-refractivity contribution in [1.29, 1.82) is 0 Å². The number of halogens is 1. The lowest BCUT2D eigenvalue weighted by Crippen LogP contribution is -2.40. The molecular weight excluding hydrogens is 304 g/mol. The topological polar surface area (TPSA) is 42.0 Å². The van der Waals surface area contributed by atoms with E-state index in [4.69, 9.17) is 0 Å². The number of hydrogen-bond donors (Lipinski definition) is 1. The first-order valence-corrected chi connectivity index (χ1v) is 7.92. The Morgan fingerprint density at radius 3 is 2.74 bits per heavy atom. The van der Waals surface area contributed by atoms with Crippen molar-refractivity contribution in [3.63, 3.8) is 0 Å². The molecule has 1 aliphatic rings. The minimum atomic E-state index is -0.0510. The quantitative estimate of drug-likeness (QED) is 0.911. The Balaban J connectivity index is 1.97. The first-order chi connectivity index (χ1) is 9.20. The molecule has 1 saturated carbocycles. The second kappa shape index (κ2) is 7.04. The van der Waals surface area contributed by atoms with E-state index in [-0.39, 0.29) is 5.91 Å². The van der Waals surface area contributed by atoms with Crippen LogP contribution in [-0.2, 0) is 0 Å². The van der Waals surface area contributed by atoms with Gasteiger partial charge in [-0.2, -0.15) is 0 Å². The molecule has 1 aromatic rings. The van der Waals surface area contributed by atoms with Gasteiger partial charge in [0.05, 0.1) is 0 Å². The van der Waals surface area contributed by atoms with Crippen LogP contribution in [0.1, 0.15) is 55.9 Å². The second-order valence-electron chi connectivity index (χ2n) is 5.25. The molecule has 1 N–H and O–H groups in total. The molecule has 2 rings (SSSR count). The highest BCUT2D eigenvalue weighted by molar-refractivity contribution is 9.10. The van der Waals surface area contributed by atoms with Gasteiger partial charge in [0.1, 0.15) is 5.69 Å². The molecule has 0 radical (unpaired) electrons. The Morgan fingerprint density at radius 1 is 1.42 bits per heavy atom. The number of hydrogen-bond acceptors (Lipinski definition) is 2. The molecule has 1 fully saturated rings.